The number of ether oxygens (including phenoxy) is 1. The molecule has 2 N–H and O–H groups in total. The van der Waals surface area contributed by atoms with Crippen molar-refractivity contribution >= 4 is 15.9 Å². The minimum Gasteiger partial charge on any atom is -0.496 e. The maximum atomic E-state index is 5.84. The molecule has 0 aromatic heterocycles. The van der Waals surface area contributed by atoms with Crippen LogP contribution in [0.3, 0.4) is 0 Å². The van der Waals surface area contributed by atoms with E-state index in [0.717, 1.165) is 22.2 Å². The van der Waals surface area contributed by atoms with Crippen LogP contribution in [0.4, 0.5) is 0 Å². The zero-order valence-electron chi connectivity index (χ0n) is 9.73. The molecule has 2 nitrogen and oxygen atoms in total. The van der Waals surface area contributed by atoms with Crippen molar-refractivity contribution in [3.05, 3.63) is 27.2 Å². The molecule has 0 fully saturated rings. The molecule has 0 aliphatic carbocycles. The first kappa shape index (κ1) is 12.5. The number of hydrogen-bond donors (Lipinski definition) is 1. The third-order valence-electron chi connectivity index (χ3n) is 2.41. The Bertz CT molecular complexity index is 361. The van der Waals surface area contributed by atoms with Crippen LogP contribution in [-0.2, 0) is 6.42 Å². The van der Waals surface area contributed by atoms with Crippen molar-refractivity contribution in [2.24, 2.45) is 5.73 Å². The first-order chi connectivity index (χ1) is 6.97. The van der Waals surface area contributed by atoms with Gasteiger partial charge in [-0.25, -0.2) is 0 Å². The van der Waals surface area contributed by atoms with Crippen LogP contribution in [0.1, 0.15) is 23.6 Å². The molecule has 0 aliphatic heterocycles. The van der Waals surface area contributed by atoms with Crippen LogP contribution in [0.2, 0.25) is 0 Å². The van der Waals surface area contributed by atoms with E-state index < -0.39 is 0 Å². The molecule has 0 aliphatic rings. The van der Waals surface area contributed by atoms with E-state index >= 15 is 0 Å². The largest absolute Gasteiger partial charge is 0.496 e. The van der Waals surface area contributed by atoms with Crippen molar-refractivity contribution in [3.8, 4) is 5.75 Å². The van der Waals surface area contributed by atoms with Crippen LogP contribution in [-0.4, -0.2) is 13.2 Å². The molecule has 3 heteroatoms. The van der Waals surface area contributed by atoms with Gasteiger partial charge in [0.1, 0.15) is 5.75 Å². The van der Waals surface area contributed by atoms with E-state index in [9.17, 15) is 0 Å². The van der Waals surface area contributed by atoms with Gasteiger partial charge in [-0.1, -0.05) is 22.0 Å². The topological polar surface area (TPSA) is 35.2 Å². The molecular weight excluding hydrogens is 254 g/mol. The Balaban J connectivity index is 3.30. The minimum absolute atomic E-state index is 0.136. The van der Waals surface area contributed by atoms with Gasteiger partial charge in [-0.2, -0.15) is 0 Å². The van der Waals surface area contributed by atoms with Gasteiger partial charge in [0.25, 0.3) is 0 Å². The van der Waals surface area contributed by atoms with Crippen LogP contribution in [0.25, 0.3) is 0 Å². The van der Waals surface area contributed by atoms with Gasteiger partial charge in [-0.15, -0.1) is 0 Å². The lowest BCUT2D eigenvalue weighted by molar-refractivity contribution is 0.404. The van der Waals surface area contributed by atoms with E-state index in [1.54, 1.807) is 7.11 Å². The van der Waals surface area contributed by atoms with Crippen LogP contribution in [0, 0.1) is 13.8 Å². The quantitative estimate of drug-likeness (QED) is 0.918. The normalized spacial score (nSPS) is 12.7. The predicted octanol–water partition coefficient (Wildman–Crippen LogP) is 2.96. The number of aryl methyl sites for hydroxylation is 2. The average molecular weight is 272 g/mol. The van der Waals surface area contributed by atoms with E-state index in [4.69, 9.17) is 10.5 Å². The molecule has 1 atom stereocenters. The van der Waals surface area contributed by atoms with Crippen molar-refractivity contribution in [2.75, 3.05) is 7.11 Å². The first-order valence-electron chi connectivity index (χ1n) is 5.05. The minimum atomic E-state index is 0.136. The van der Waals surface area contributed by atoms with Crippen LogP contribution in [0.5, 0.6) is 5.75 Å². The molecule has 0 heterocycles. The van der Waals surface area contributed by atoms with Crippen molar-refractivity contribution in [3.63, 3.8) is 0 Å². The molecule has 0 spiro atoms. The van der Waals surface area contributed by atoms with Gasteiger partial charge in [0.15, 0.2) is 0 Å². The van der Waals surface area contributed by atoms with Crippen molar-refractivity contribution < 1.29 is 4.74 Å². The summed E-state index contributed by atoms with van der Waals surface area (Å²) in [4.78, 5) is 0. The Morgan fingerprint density at radius 2 is 2.00 bits per heavy atom. The predicted molar refractivity (Wildman–Crippen MR) is 67.5 cm³/mol. The smallest absolute Gasteiger partial charge is 0.126 e. The van der Waals surface area contributed by atoms with Gasteiger partial charge in [-0.05, 0) is 38.3 Å². The van der Waals surface area contributed by atoms with Gasteiger partial charge in [0, 0.05) is 16.1 Å². The Morgan fingerprint density at radius 1 is 1.40 bits per heavy atom. The Hall–Kier alpha value is -0.540. The summed E-state index contributed by atoms with van der Waals surface area (Å²) in [6.07, 6.45) is 0.826. The fourth-order valence-electron chi connectivity index (χ4n) is 1.82. The molecule has 0 bridgehead atoms. The Kier molecular flexibility index (Phi) is 4.17. The van der Waals surface area contributed by atoms with Crippen molar-refractivity contribution in [1.29, 1.82) is 0 Å². The van der Waals surface area contributed by atoms with E-state index in [2.05, 4.69) is 35.8 Å². The summed E-state index contributed by atoms with van der Waals surface area (Å²) in [7, 11) is 1.70. The second-order valence-corrected chi connectivity index (χ2v) is 4.81. The molecule has 84 valence electrons. The van der Waals surface area contributed by atoms with Gasteiger partial charge in [0.05, 0.1) is 7.11 Å². The summed E-state index contributed by atoms with van der Waals surface area (Å²) < 4.78 is 6.54. The standard InChI is InChI=1S/C12H18BrNO/c1-7-5-8(2)12(15-4)10(11(7)13)6-9(3)14/h5,9H,6,14H2,1-4H3. The SMILES string of the molecule is COc1c(C)cc(C)c(Br)c1CC(C)N. The number of benzene rings is 1. The van der Waals surface area contributed by atoms with Gasteiger partial charge >= 0.3 is 0 Å². The highest BCUT2D eigenvalue weighted by Gasteiger charge is 2.14. The first-order valence-corrected chi connectivity index (χ1v) is 5.84. The van der Waals surface area contributed by atoms with Gasteiger partial charge in [-0.3, -0.25) is 0 Å². The van der Waals surface area contributed by atoms with Crippen molar-refractivity contribution in [2.45, 2.75) is 33.2 Å². The lowest BCUT2D eigenvalue weighted by Gasteiger charge is -2.17. The zero-order valence-corrected chi connectivity index (χ0v) is 11.3. The molecule has 1 aromatic carbocycles. The molecule has 0 saturated carbocycles. The summed E-state index contributed by atoms with van der Waals surface area (Å²) >= 11 is 3.60. The molecular formula is C12H18BrNO. The molecule has 1 unspecified atom stereocenters. The maximum absolute atomic E-state index is 5.84. The van der Waals surface area contributed by atoms with E-state index in [1.165, 1.54) is 11.1 Å². The summed E-state index contributed by atoms with van der Waals surface area (Å²) in [5, 5.41) is 0. The average Bonchev–Trinajstić information content (AvgIpc) is 2.13. The van der Waals surface area contributed by atoms with Crippen LogP contribution in [0.15, 0.2) is 10.5 Å². The third-order valence-corrected chi connectivity index (χ3v) is 3.51. The summed E-state index contributed by atoms with van der Waals surface area (Å²) in [6.45, 7) is 6.15. The molecule has 1 aromatic rings. The molecule has 1 rings (SSSR count). The Labute approximate surface area is 99.9 Å². The summed E-state index contributed by atoms with van der Waals surface area (Å²) in [5.41, 5.74) is 9.40. The van der Waals surface area contributed by atoms with Crippen LogP contribution < -0.4 is 10.5 Å². The third kappa shape index (κ3) is 2.73. The van der Waals surface area contributed by atoms with E-state index in [0.29, 0.717) is 0 Å². The van der Waals surface area contributed by atoms with E-state index in [-0.39, 0.29) is 6.04 Å². The fraction of sp³-hybridized carbons (Fsp3) is 0.500. The highest BCUT2D eigenvalue weighted by molar-refractivity contribution is 9.10. The van der Waals surface area contributed by atoms with Gasteiger partial charge in [0.2, 0.25) is 0 Å². The number of nitrogens with two attached hydrogens (primary N) is 1. The monoisotopic (exact) mass is 271 g/mol. The number of rotatable bonds is 3. The molecule has 0 saturated heterocycles. The number of hydrogen-bond acceptors (Lipinski definition) is 2. The fourth-order valence-corrected chi connectivity index (χ4v) is 2.27. The maximum Gasteiger partial charge on any atom is 0.126 e. The number of methoxy groups -OCH3 is 1. The zero-order chi connectivity index (χ0) is 11.6. The highest BCUT2D eigenvalue weighted by Crippen LogP contribution is 2.33. The lowest BCUT2D eigenvalue weighted by atomic mass is 10.0. The van der Waals surface area contributed by atoms with E-state index in [1.807, 2.05) is 6.92 Å². The molecule has 15 heavy (non-hydrogen) atoms. The second-order valence-electron chi connectivity index (χ2n) is 4.02. The lowest BCUT2D eigenvalue weighted by Crippen LogP contribution is -2.19. The summed E-state index contributed by atoms with van der Waals surface area (Å²) in [6, 6.07) is 2.25. The van der Waals surface area contributed by atoms with Gasteiger partial charge < -0.3 is 10.5 Å². The highest BCUT2D eigenvalue weighted by atomic mass is 79.9. The van der Waals surface area contributed by atoms with Crippen LogP contribution >= 0.6 is 15.9 Å². The van der Waals surface area contributed by atoms with Crippen molar-refractivity contribution in [1.82, 2.24) is 0 Å². The molecule has 0 radical (unpaired) electrons. The molecule has 0 amide bonds. The Morgan fingerprint density at radius 3 is 2.47 bits per heavy atom. The number of halogens is 1. The second kappa shape index (κ2) is 4.99. The summed E-state index contributed by atoms with van der Waals surface area (Å²) in [5.74, 6) is 0.949.